The monoisotopic (exact) mass is 421 g/mol. The van der Waals surface area contributed by atoms with Gasteiger partial charge in [-0.15, -0.1) is 5.06 Å². The van der Waals surface area contributed by atoms with Crippen LogP contribution in [0.2, 0.25) is 0 Å². The van der Waals surface area contributed by atoms with E-state index in [1.54, 1.807) is 5.06 Å². The molecule has 0 saturated carbocycles. The second kappa shape index (κ2) is 10.3. The van der Waals surface area contributed by atoms with Crippen LogP contribution in [0.1, 0.15) is 73.6 Å². The summed E-state index contributed by atoms with van der Waals surface area (Å²) in [6, 6.07) is 0. The number of carbonyl (C=O) groups is 3. The highest BCUT2D eigenvalue weighted by Crippen LogP contribution is 2.52. The Morgan fingerprint density at radius 3 is 2.07 bits per heavy atom. The van der Waals surface area contributed by atoms with E-state index in [1.165, 1.54) is 13.8 Å². The maximum Gasteiger partial charge on any atom is 0.529 e. The van der Waals surface area contributed by atoms with Crippen LogP contribution in [0.5, 0.6) is 0 Å². The number of hydrogen-bond acceptors (Lipinski definition) is 8. The van der Waals surface area contributed by atoms with Crippen molar-refractivity contribution in [2.24, 2.45) is 5.92 Å². The first kappa shape index (κ1) is 24.5. The van der Waals surface area contributed by atoms with Crippen LogP contribution < -0.4 is 0 Å². The summed E-state index contributed by atoms with van der Waals surface area (Å²) in [6.45, 7) is 10.2. The van der Waals surface area contributed by atoms with Gasteiger partial charge in [-0.25, -0.2) is 4.79 Å². The van der Waals surface area contributed by atoms with Crippen molar-refractivity contribution in [1.82, 2.24) is 5.06 Å². The molecule has 28 heavy (non-hydrogen) atoms. The van der Waals surface area contributed by atoms with E-state index in [-0.39, 0.29) is 0 Å². The van der Waals surface area contributed by atoms with Crippen molar-refractivity contribution in [3.63, 3.8) is 0 Å². The molecule has 0 aromatic heterocycles. The third-order valence-electron chi connectivity index (χ3n) is 5.78. The Hall–Kier alpha value is -1.54. The molecule has 0 aliphatic carbocycles. The first-order valence-corrected chi connectivity index (χ1v) is 10.2. The largest absolute Gasteiger partial charge is 0.529 e. The zero-order valence-corrected chi connectivity index (χ0v) is 18.3. The number of halogens is 1. The predicted molar refractivity (Wildman–Crippen MR) is 102 cm³/mol. The summed E-state index contributed by atoms with van der Waals surface area (Å²) >= 11 is 5.74. The zero-order chi connectivity index (χ0) is 21.5. The molecule has 1 rings (SSSR count). The average molecular weight is 422 g/mol. The molecule has 1 aliphatic heterocycles. The molecule has 0 amide bonds. The number of esters is 2. The minimum atomic E-state index is -0.908. The molecule has 2 atom stereocenters. The fraction of sp³-hybridized carbons (Fsp3) is 0.842. The van der Waals surface area contributed by atoms with Gasteiger partial charge in [0, 0.05) is 6.92 Å². The molecular weight excluding hydrogens is 390 g/mol. The van der Waals surface area contributed by atoms with Crippen molar-refractivity contribution >= 4 is 29.7 Å². The van der Waals surface area contributed by atoms with Crippen LogP contribution in [0.25, 0.3) is 0 Å². The van der Waals surface area contributed by atoms with Crippen LogP contribution in [-0.2, 0) is 28.6 Å². The fourth-order valence-corrected chi connectivity index (χ4v) is 4.19. The standard InChI is InChI=1S/C19H32ClNO7/c1-7-18(8-2)11-15(16(23)26-12-25-14(6)22)19(9-3,10-4)21(18)28-17(24)27-13(5)20/h13,15H,7-12H2,1-6H3. The molecule has 1 aliphatic rings. The van der Waals surface area contributed by atoms with E-state index in [1.807, 2.05) is 27.7 Å². The number of nitrogens with zero attached hydrogens (tertiary/aromatic N) is 1. The highest BCUT2D eigenvalue weighted by atomic mass is 35.5. The van der Waals surface area contributed by atoms with Crippen molar-refractivity contribution in [3.05, 3.63) is 0 Å². The molecule has 1 heterocycles. The van der Waals surface area contributed by atoms with E-state index in [4.69, 9.17) is 30.6 Å². The van der Waals surface area contributed by atoms with Gasteiger partial charge in [0.1, 0.15) is 0 Å². The maximum absolute atomic E-state index is 12.9. The van der Waals surface area contributed by atoms with Gasteiger partial charge in [0.2, 0.25) is 6.79 Å². The highest BCUT2D eigenvalue weighted by Gasteiger charge is 2.62. The number of rotatable bonds is 9. The van der Waals surface area contributed by atoms with Gasteiger partial charge < -0.3 is 19.0 Å². The smallest absolute Gasteiger partial charge is 0.428 e. The summed E-state index contributed by atoms with van der Waals surface area (Å²) in [7, 11) is 0. The SMILES string of the molecule is CCC1(CC)CC(C(=O)OCOC(C)=O)C(CC)(CC)N1OC(=O)OC(C)Cl. The van der Waals surface area contributed by atoms with E-state index in [9.17, 15) is 14.4 Å². The highest BCUT2D eigenvalue weighted by molar-refractivity contribution is 6.19. The lowest BCUT2D eigenvalue weighted by atomic mass is 9.79. The van der Waals surface area contributed by atoms with E-state index >= 15 is 0 Å². The fourth-order valence-electron chi connectivity index (χ4n) is 4.11. The van der Waals surface area contributed by atoms with Gasteiger partial charge >= 0.3 is 18.1 Å². The molecule has 2 unspecified atom stereocenters. The second-order valence-corrected chi connectivity index (χ2v) is 7.63. The summed E-state index contributed by atoms with van der Waals surface area (Å²) in [5.41, 5.74) is -2.16. The maximum atomic E-state index is 12.9. The molecule has 1 saturated heterocycles. The Labute approximate surface area is 171 Å². The molecule has 0 bridgehead atoms. The predicted octanol–water partition coefficient (Wildman–Crippen LogP) is 4.14. The third-order valence-corrected chi connectivity index (χ3v) is 5.87. The summed E-state index contributed by atoms with van der Waals surface area (Å²) in [6.07, 6.45) is 1.94. The number of hydrogen-bond donors (Lipinski definition) is 0. The summed E-state index contributed by atoms with van der Waals surface area (Å²) in [5.74, 6) is -1.57. The summed E-state index contributed by atoms with van der Waals surface area (Å²) in [4.78, 5) is 41.7. The van der Waals surface area contributed by atoms with Crippen molar-refractivity contribution in [2.45, 2.75) is 90.3 Å². The molecule has 0 radical (unpaired) electrons. The van der Waals surface area contributed by atoms with Crippen molar-refractivity contribution in [1.29, 1.82) is 0 Å². The number of alkyl halides is 1. The molecule has 0 aromatic carbocycles. The van der Waals surface area contributed by atoms with E-state index in [0.717, 1.165) is 0 Å². The van der Waals surface area contributed by atoms with Gasteiger partial charge in [-0.3, -0.25) is 9.59 Å². The van der Waals surface area contributed by atoms with Gasteiger partial charge in [0.15, 0.2) is 5.56 Å². The minimum absolute atomic E-state index is 0.438. The lowest BCUT2D eigenvalue weighted by molar-refractivity contribution is -0.235. The number of hydroxylamine groups is 2. The average Bonchev–Trinajstić information content (AvgIpc) is 2.91. The van der Waals surface area contributed by atoms with Crippen LogP contribution >= 0.6 is 11.6 Å². The summed E-state index contributed by atoms with van der Waals surface area (Å²) < 4.78 is 14.9. The Balaban J connectivity index is 3.22. The van der Waals surface area contributed by atoms with Gasteiger partial charge in [-0.05, 0) is 39.0 Å². The van der Waals surface area contributed by atoms with E-state index in [2.05, 4.69) is 0 Å². The molecule has 162 valence electrons. The normalized spacial score (nSPS) is 21.6. The second-order valence-electron chi connectivity index (χ2n) is 7.01. The molecule has 9 heteroatoms. The molecule has 8 nitrogen and oxygen atoms in total. The van der Waals surface area contributed by atoms with Crippen LogP contribution in [0.4, 0.5) is 4.79 Å². The first-order chi connectivity index (χ1) is 13.1. The zero-order valence-electron chi connectivity index (χ0n) is 17.6. The van der Waals surface area contributed by atoms with E-state index < -0.39 is 47.4 Å². The quantitative estimate of drug-likeness (QED) is 0.311. The number of carbonyl (C=O) groups excluding carboxylic acids is 3. The minimum Gasteiger partial charge on any atom is -0.428 e. The van der Waals surface area contributed by atoms with Gasteiger partial charge in [-0.1, -0.05) is 39.3 Å². The van der Waals surface area contributed by atoms with E-state index in [0.29, 0.717) is 32.1 Å². The van der Waals surface area contributed by atoms with Crippen molar-refractivity contribution < 1.29 is 33.4 Å². The van der Waals surface area contributed by atoms with Crippen LogP contribution in [-0.4, -0.2) is 46.6 Å². The van der Waals surface area contributed by atoms with Gasteiger partial charge in [-0.2, -0.15) is 0 Å². The van der Waals surface area contributed by atoms with Crippen LogP contribution in [0.15, 0.2) is 0 Å². The van der Waals surface area contributed by atoms with Gasteiger partial charge in [0.25, 0.3) is 0 Å². The Morgan fingerprint density at radius 2 is 1.64 bits per heavy atom. The Morgan fingerprint density at radius 1 is 1.07 bits per heavy atom. The lowest BCUT2D eigenvalue weighted by Gasteiger charge is -2.44. The third kappa shape index (κ3) is 5.08. The Bertz CT molecular complexity index is 558. The van der Waals surface area contributed by atoms with Gasteiger partial charge in [0.05, 0.1) is 17.0 Å². The Kier molecular flexibility index (Phi) is 9.01. The molecule has 0 spiro atoms. The first-order valence-electron chi connectivity index (χ1n) is 9.75. The number of ether oxygens (including phenoxy) is 3. The topological polar surface area (TPSA) is 91.4 Å². The lowest BCUT2D eigenvalue weighted by Crippen LogP contribution is -2.56. The van der Waals surface area contributed by atoms with Crippen LogP contribution in [0, 0.1) is 5.92 Å². The molecule has 0 N–H and O–H groups in total. The molecular formula is C19H32ClNO7. The van der Waals surface area contributed by atoms with Crippen molar-refractivity contribution in [2.75, 3.05) is 6.79 Å². The summed E-state index contributed by atoms with van der Waals surface area (Å²) in [5, 5.41) is 1.64. The molecule has 1 fully saturated rings. The molecule has 0 aromatic rings. The van der Waals surface area contributed by atoms with Crippen molar-refractivity contribution in [3.8, 4) is 0 Å². The van der Waals surface area contributed by atoms with Crippen LogP contribution in [0.3, 0.4) is 0 Å².